The quantitative estimate of drug-likeness (QED) is 0.0284. The molecule has 0 bridgehead atoms. The number of esters is 2. The molecule has 0 spiro atoms. The van der Waals surface area contributed by atoms with Crippen molar-refractivity contribution in [1.82, 2.24) is 0 Å². The largest absolute Gasteiger partial charge is 0.477 e. The van der Waals surface area contributed by atoms with E-state index in [0.29, 0.717) is 19.3 Å². The zero-order chi connectivity index (χ0) is 43.5. The summed E-state index contributed by atoms with van der Waals surface area (Å²) in [6, 6.07) is -0.629. The van der Waals surface area contributed by atoms with E-state index >= 15 is 0 Å². The third-order valence-electron chi connectivity index (χ3n) is 9.79. The maximum atomic E-state index is 12.7. The first-order valence-corrected chi connectivity index (χ1v) is 23.1. The summed E-state index contributed by atoms with van der Waals surface area (Å²) >= 11 is 0. The number of ether oxygens (including phenoxy) is 3. The van der Waals surface area contributed by atoms with Crippen molar-refractivity contribution < 1.29 is 38.2 Å². The van der Waals surface area contributed by atoms with Crippen LogP contribution in [-0.2, 0) is 28.6 Å². The van der Waals surface area contributed by atoms with Gasteiger partial charge in [-0.15, -0.1) is 0 Å². The average Bonchev–Trinajstić information content (AvgIpc) is 3.19. The second-order valence-electron chi connectivity index (χ2n) is 16.3. The average molecular weight is 825 g/mol. The van der Waals surface area contributed by atoms with Crippen LogP contribution in [0.2, 0.25) is 0 Å². The summed E-state index contributed by atoms with van der Waals surface area (Å²) in [5.74, 6) is -1.58. The van der Waals surface area contributed by atoms with Crippen LogP contribution in [0.3, 0.4) is 0 Å². The summed E-state index contributed by atoms with van der Waals surface area (Å²) in [5, 5.41) is 9.62. The predicted molar refractivity (Wildman–Crippen MR) is 247 cm³/mol. The fraction of sp³-hybridized carbons (Fsp3) is 0.667. The van der Waals surface area contributed by atoms with E-state index in [2.05, 4.69) is 92.8 Å². The van der Waals surface area contributed by atoms with Crippen LogP contribution >= 0.6 is 0 Å². The molecular formula is C51H86NO7+. The minimum atomic E-state index is -0.887. The van der Waals surface area contributed by atoms with Gasteiger partial charge in [0.1, 0.15) is 6.61 Å². The fourth-order valence-corrected chi connectivity index (χ4v) is 6.23. The van der Waals surface area contributed by atoms with Gasteiger partial charge < -0.3 is 23.8 Å². The summed E-state index contributed by atoms with van der Waals surface area (Å²) in [6.45, 7) is 4.52. The highest BCUT2D eigenvalue weighted by Crippen LogP contribution is 2.13. The van der Waals surface area contributed by atoms with E-state index in [1.54, 1.807) is 0 Å². The summed E-state index contributed by atoms with van der Waals surface area (Å²) in [5.41, 5.74) is 0. The van der Waals surface area contributed by atoms with Crippen LogP contribution in [0.5, 0.6) is 0 Å². The third-order valence-corrected chi connectivity index (χ3v) is 9.79. The van der Waals surface area contributed by atoms with Crippen LogP contribution in [0, 0.1) is 0 Å². The minimum Gasteiger partial charge on any atom is -0.477 e. The normalized spacial score (nSPS) is 13.7. The number of carbonyl (C=O) groups is 3. The lowest BCUT2D eigenvalue weighted by molar-refractivity contribution is -0.887. The molecule has 0 aliphatic heterocycles. The van der Waals surface area contributed by atoms with Crippen LogP contribution in [0.4, 0.5) is 0 Å². The molecule has 0 aliphatic carbocycles. The highest BCUT2D eigenvalue weighted by molar-refractivity contribution is 5.72. The van der Waals surface area contributed by atoms with Crippen LogP contribution in [0.25, 0.3) is 0 Å². The Morgan fingerprint density at radius 1 is 0.525 bits per heavy atom. The van der Waals surface area contributed by atoms with Gasteiger partial charge in [0.2, 0.25) is 0 Å². The molecule has 59 heavy (non-hydrogen) atoms. The van der Waals surface area contributed by atoms with Crippen molar-refractivity contribution in [2.75, 3.05) is 41.0 Å². The number of carbonyl (C=O) groups excluding carboxylic acids is 2. The SMILES string of the molecule is CC/C=C/C/C=C/C/C=C/C/C=C/C/C=C/CCCCCCCCC(=O)OC(COCCC(C(=O)O)[N+](C)(C)C)COC(=O)CC/C=C/C/C=C/CCCCCCCC. The third kappa shape index (κ3) is 39.7. The van der Waals surface area contributed by atoms with Gasteiger partial charge in [-0.25, -0.2) is 4.79 Å². The summed E-state index contributed by atoms with van der Waals surface area (Å²) in [7, 11) is 5.50. The predicted octanol–water partition coefficient (Wildman–Crippen LogP) is 12.9. The second kappa shape index (κ2) is 41.3. The molecule has 336 valence electrons. The lowest BCUT2D eigenvalue weighted by atomic mass is 10.1. The molecule has 2 unspecified atom stereocenters. The molecule has 0 rings (SSSR count). The first kappa shape index (κ1) is 55.5. The first-order valence-electron chi connectivity index (χ1n) is 23.1. The van der Waals surface area contributed by atoms with E-state index in [9.17, 15) is 19.5 Å². The molecule has 0 aliphatic rings. The summed E-state index contributed by atoms with van der Waals surface area (Å²) in [6.07, 6.45) is 53.6. The molecular weight excluding hydrogens is 739 g/mol. The number of aliphatic carboxylic acids is 1. The van der Waals surface area contributed by atoms with Crippen molar-refractivity contribution in [2.24, 2.45) is 0 Å². The van der Waals surface area contributed by atoms with Crippen molar-refractivity contribution in [3.63, 3.8) is 0 Å². The minimum absolute atomic E-state index is 0.0331. The number of carboxylic acid groups (broad SMARTS) is 1. The Balaban J connectivity index is 4.40. The van der Waals surface area contributed by atoms with Crippen LogP contribution < -0.4 is 0 Å². The molecule has 0 saturated heterocycles. The zero-order valence-corrected chi connectivity index (χ0v) is 38.2. The van der Waals surface area contributed by atoms with E-state index in [1.807, 2.05) is 27.2 Å². The van der Waals surface area contributed by atoms with Gasteiger partial charge in [-0.3, -0.25) is 9.59 Å². The van der Waals surface area contributed by atoms with Crippen molar-refractivity contribution in [2.45, 2.75) is 180 Å². The number of hydrogen-bond acceptors (Lipinski definition) is 6. The Hall–Kier alpha value is -3.49. The van der Waals surface area contributed by atoms with Crippen LogP contribution in [0.1, 0.15) is 168 Å². The molecule has 8 heteroatoms. The molecule has 0 saturated carbocycles. The number of hydrogen-bond donors (Lipinski definition) is 1. The Labute approximate surface area is 361 Å². The lowest BCUT2D eigenvalue weighted by Crippen LogP contribution is -2.50. The van der Waals surface area contributed by atoms with E-state index in [0.717, 1.165) is 77.0 Å². The molecule has 0 heterocycles. The molecule has 0 radical (unpaired) electrons. The smallest absolute Gasteiger partial charge is 0.362 e. The molecule has 0 aromatic rings. The van der Waals surface area contributed by atoms with Crippen molar-refractivity contribution >= 4 is 17.9 Å². The molecule has 2 atom stereocenters. The second-order valence-corrected chi connectivity index (χ2v) is 16.3. The molecule has 0 amide bonds. The van der Waals surface area contributed by atoms with Crippen molar-refractivity contribution in [3.8, 4) is 0 Å². The molecule has 0 aromatic heterocycles. The van der Waals surface area contributed by atoms with Gasteiger partial charge >= 0.3 is 17.9 Å². The van der Waals surface area contributed by atoms with Gasteiger partial charge in [0.25, 0.3) is 0 Å². The highest BCUT2D eigenvalue weighted by Gasteiger charge is 2.31. The van der Waals surface area contributed by atoms with Gasteiger partial charge in [-0.05, 0) is 77.0 Å². The van der Waals surface area contributed by atoms with Gasteiger partial charge in [0, 0.05) is 19.3 Å². The summed E-state index contributed by atoms with van der Waals surface area (Å²) < 4.78 is 17.2. The highest BCUT2D eigenvalue weighted by atomic mass is 16.6. The standard InChI is InChI=1S/C51H85NO7/c1-6-8-10-12-14-16-18-20-21-22-23-24-25-26-27-28-30-32-34-36-38-40-42-50(54)59-47(45-57-44-43-48(51(55)56)52(3,4)5)46-58-49(53)41-39-37-35-33-31-29-19-17-15-13-11-9-7-2/h8,10,14,16,20-21,23-24,26-27,29,31,35,37,47-48H,6-7,9,11-13,15,17-19,22,25,28,30,32-34,36,38-46H2,1-5H3/p+1/b10-8+,16-14+,21-20+,24-23+,27-26+,31-29+,37-35+. The van der Waals surface area contributed by atoms with Crippen LogP contribution in [-0.4, -0.2) is 80.6 Å². The number of rotatable bonds is 40. The first-order chi connectivity index (χ1) is 28.6. The van der Waals surface area contributed by atoms with Crippen LogP contribution in [0.15, 0.2) is 85.1 Å². The number of unbranched alkanes of at least 4 members (excludes halogenated alkanes) is 12. The van der Waals surface area contributed by atoms with Gasteiger partial charge in [-0.1, -0.05) is 157 Å². The Morgan fingerprint density at radius 3 is 1.47 bits per heavy atom. The number of quaternary nitrogens is 1. The molecule has 8 nitrogen and oxygen atoms in total. The monoisotopic (exact) mass is 825 g/mol. The molecule has 1 N–H and O–H groups in total. The van der Waals surface area contributed by atoms with Gasteiger partial charge in [0.05, 0.1) is 34.4 Å². The maximum absolute atomic E-state index is 12.7. The Morgan fingerprint density at radius 2 is 0.983 bits per heavy atom. The van der Waals surface area contributed by atoms with Gasteiger partial charge in [-0.2, -0.15) is 0 Å². The number of carboxylic acids is 1. The Kier molecular flexibility index (Phi) is 38.8. The topological polar surface area (TPSA) is 99.1 Å². The van der Waals surface area contributed by atoms with Crippen molar-refractivity contribution in [3.05, 3.63) is 85.1 Å². The van der Waals surface area contributed by atoms with E-state index < -0.39 is 18.1 Å². The van der Waals surface area contributed by atoms with Gasteiger partial charge in [0.15, 0.2) is 12.1 Å². The maximum Gasteiger partial charge on any atom is 0.362 e. The number of likely N-dealkylation sites (N-methyl/N-ethyl adjacent to an activating group) is 1. The number of allylic oxidation sites excluding steroid dienone is 14. The number of nitrogens with zero attached hydrogens (tertiary/aromatic N) is 1. The summed E-state index contributed by atoms with van der Waals surface area (Å²) in [4.78, 5) is 37.0. The zero-order valence-electron chi connectivity index (χ0n) is 38.2. The molecule has 0 aromatic carbocycles. The molecule has 0 fully saturated rings. The Bertz CT molecular complexity index is 1240. The lowest BCUT2D eigenvalue weighted by Gasteiger charge is -2.31. The van der Waals surface area contributed by atoms with E-state index in [-0.39, 0.29) is 42.7 Å². The van der Waals surface area contributed by atoms with E-state index in [1.165, 1.54) is 51.4 Å². The van der Waals surface area contributed by atoms with E-state index in [4.69, 9.17) is 14.2 Å². The van der Waals surface area contributed by atoms with Crippen molar-refractivity contribution in [1.29, 1.82) is 0 Å². The fourth-order valence-electron chi connectivity index (χ4n) is 6.23.